The largest absolute Gasteiger partial charge is 0.493 e. The Morgan fingerprint density at radius 3 is 2.57 bits per heavy atom. The van der Waals surface area contributed by atoms with E-state index in [4.69, 9.17) is 9.47 Å². The van der Waals surface area contributed by atoms with Crippen LogP contribution in [0, 0.1) is 0 Å². The van der Waals surface area contributed by atoms with Gasteiger partial charge in [-0.1, -0.05) is 6.07 Å². The first-order valence-electron chi connectivity index (χ1n) is 9.38. The molecule has 1 aromatic heterocycles. The molecule has 2 rings (SSSR count). The van der Waals surface area contributed by atoms with Gasteiger partial charge < -0.3 is 20.1 Å². The molecule has 0 radical (unpaired) electrons. The summed E-state index contributed by atoms with van der Waals surface area (Å²) in [6, 6.07) is 6.11. The van der Waals surface area contributed by atoms with Crippen molar-refractivity contribution in [3.05, 3.63) is 41.7 Å². The highest BCUT2D eigenvalue weighted by atomic mass is 127. The van der Waals surface area contributed by atoms with Gasteiger partial charge in [0.1, 0.15) is 0 Å². The van der Waals surface area contributed by atoms with Crippen LogP contribution in [0.4, 0.5) is 0 Å². The fourth-order valence-corrected chi connectivity index (χ4v) is 2.79. The van der Waals surface area contributed by atoms with Crippen LogP contribution in [0.25, 0.3) is 0 Å². The van der Waals surface area contributed by atoms with Crippen molar-refractivity contribution in [1.29, 1.82) is 0 Å². The van der Waals surface area contributed by atoms with Gasteiger partial charge in [-0.3, -0.25) is 9.67 Å². The summed E-state index contributed by atoms with van der Waals surface area (Å²) in [5, 5.41) is 10.9. The number of aliphatic imine (C=N–C) groups is 1. The van der Waals surface area contributed by atoms with Crippen LogP contribution in [-0.2, 0) is 19.9 Å². The minimum atomic E-state index is 0. The molecule has 0 aliphatic heterocycles. The maximum absolute atomic E-state index is 5.64. The predicted octanol–water partition coefficient (Wildman–Crippen LogP) is 2.79. The molecule has 0 unspecified atom stereocenters. The number of methoxy groups -OCH3 is 1. The highest BCUT2D eigenvalue weighted by molar-refractivity contribution is 14.0. The van der Waals surface area contributed by atoms with Crippen molar-refractivity contribution in [3.63, 3.8) is 0 Å². The summed E-state index contributed by atoms with van der Waals surface area (Å²) in [5.41, 5.74) is 2.45. The minimum Gasteiger partial charge on any atom is -0.493 e. The summed E-state index contributed by atoms with van der Waals surface area (Å²) in [6.45, 7) is 4.27. The molecule has 0 atom stereocenters. The highest BCUT2D eigenvalue weighted by Gasteiger charge is 2.05. The molecule has 0 saturated carbocycles. The number of hydrogen-bond acceptors (Lipinski definition) is 4. The Bertz CT molecular complexity index is 733. The molecule has 8 heteroatoms. The third-order valence-corrected chi connectivity index (χ3v) is 4.15. The first-order valence-corrected chi connectivity index (χ1v) is 9.38. The lowest BCUT2D eigenvalue weighted by Crippen LogP contribution is -2.38. The number of nitrogens with zero attached hydrogens (tertiary/aromatic N) is 3. The van der Waals surface area contributed by atoms with Gasteiger partial charge in [0.25, 0.3) is 0 Å². The number of guanidine groups is 1. The van der Waals surface area contributed by atoms with Crippen molar-refractivity contribution in [2.24, 2.45) is 12.0 Å². The van der Waals surface area contributed by atoms with E-state index in [0.717, 1.165) is 49.8 Å². The zero-order valence-corrected chi connectivity index (χ0v) is 19.5. The third-order valence-electron chi connectivity index (χ3n) is 4.15. The first-order chi connectivity index (χ1) is 13.2. The van der Waals surface area contributed by atoms with Crippen LogP contribution in [-0.4, -0.2) is 49.6 Å². The molecular weight excluding hydrogens is 469 g/mol. The average Bonchev–Trinajstić information content (AvgIpc) is 3.09. The number of rotatable bonds is 10. The molecule has 1 aromatic carbocycles. The lowest BCUT2D eigenvalue weighted by Gasteiger charge is -2.13. The van der Waals surface area contributed by atoms with E-state index in [0.29, 0.717) is 6.61 Å². The Balaban J connectivity index is 0.00000392. The molecular formula is C20H32IN5O2. The molecule has 156 valence electrons. The van der Waals surface area contributed by atoms with E-state index in [1.54, 1.807) is 14.2 Å². The van der Waals surface area contributed by atoms with Crippen LogP contribution in [0.2, 0.25) is 0 Å². The van der Waals surface area contributed by atoms with Gasteiger partial charge in [-0.25, -0.2) is 0 Å². The Morgan fingerprint density at radius 1 is 1.14 bits per heavy atom. The summed E-state index contributed by atoms with van der Waals surface area (Å²) in [4.78, 5) is 4.27. The number of aryl methyl sites for hydroxylation is 2. The Hall–Kier alpha value is -1.97. The Labute approximate surface area is 184 Å². The van der Waals surface area contributed by atoms with Crippen LogP contribution in [0.15, 0.2) is 35.6 Å². The zero-order chi connectivity index (χ0) is 19.5. The summed E-state index contributed by atoms with van der Waals surface area (Å²) in [6.07, 6.45) is 6.80. The second-order valence-electron chi connectivity index (χ2n) is 6.22. The van der Waals surface area contributed by atoms with Crippen LogP contribution >= 0.6 is 24.0 Å². The summed E-state index contributed by atoms with van der Waals surface area (Å²) in [5.74, 6) is 2.40. The van der Waals surface area contributed by atoms with Gasteiger partial charge in [-0.2, -0.15) is 5.10 Å². The van der Waals surface area contributed by atoms with E-state index in [-0.39, 0.29) is 24.0 Å². The van der Waals surface area contributed by atoms with Crippen molar-refractivity contribution >= 4 is 29.9 Å². The summed E-state index contributed by atoms with van der Waals surface area (Å²) in [7, 11) is 5.38. The lowest BCUT2D eigenvalue weighted by atomic mass is 10.1. The zero-order valence-electron chi connectivity index (χ0n) is 17.2. The topological polar surface area (TPSA) is 72.7 Å². The number of nitrogens with one attached hydrogen (secondary N) is 2. The first kappa shape index (κ1) is 24.1. The molecule has 0 amide bonds. The molecule has 0 saturated heterocycles. The van der Waals surface area contributed by atoms with Crippen molar-refractivity contribution in [1.82, 2.24) is 20.4 Å². The molecule has 0 spiro atoms. The average molecular weight is 501 g/mol. The van der Waals surface area contributed by atoms with Crippen molar-refractivity contribution in [3.8, 4) is 11.5 Å². The fraction of sp³-hybridized carbons (Fsp3) is 0.500. The van der Waals surface area contributed by atoms with Gasteiger partial charge in [-0.15, -0.1) is 24.0 Å². The minimum absolute atomic E-state index is 0. The molecule has 0 aliphatic rings. The van der Waals surface area contributed by atoms with E-state index in [1.165, 1.54) is 11.1 Å². The van der Waals surface area contributed by atoms with Crippen LogP contribution in [0.1, 0.15) is 24.5 Å². The smallest absolute Gasteiger partial charge is 0.190 e. The van der Waals surface area contributed by atoms with Crippen molar-refractivity contribution in [2.75, 3.05) is 33.9 Å². The monoisotopic (exact) mass is 501 g/mol. The Kier molecular flexibility index (Phi) is 11.4. The number of aromatic nitrogens is 2. The van der Waals surface area contributed by atoms with Crippen LogP contribution < -0.4 is 20.1 Å². The number of halogens is 1. The molecule has 0 bridgehead atoms. The van der Waals surface area contributed by atoms with Gasteiger partial charge in [0.15, 0.2) is 17.5 Å². The van der Waals surface area contributed by atoms with Crippen LogP contribution in [0.3, 0.4) is 0 Å². The second kappa shape index (κ2) is 13.2. The number of benzene rings is 1. The Morgan fingerprint density at radius 2 is 1.93 bits per heavy atom. The van der Waals surface area contributed by atoms with E-state index in [2.05, 4.69) is 32.9 Å². The normalized spacial score (nSPS) is 10.9. The molecule has 7 nitrogen and oxygen atoms in total. The van der Waals surface area contributed by atoms with Crippen molar-refractivity contribution < 1.29 is 9.47 Å². The lowest BCUT2D eigenvalue weighted by molar-refractivity contribution is 0.310. The van der Waals surface area contributed by atoms with E-state index >= 15 is 0 Å². The van der Waals surface area contributed by atoms with E-state index in [1.807, 2.05) is 37.1 Å². The van der Waals surface area contributed by atoms with Crippen molar-refractivity contribution in [2.45, 2.75) is 26.2 Å². The molecule has 2 aromatic rings. The van der Waals surface area contributed by atoms with Gasteiger partial charge >= 0.3 is 0 Å². The summed E-state index contributed by atoms with van der Waals surface area (Å²) < 4.78 is 12.8. The fourth-order valence-electron chi connectivity index (χ4n) is 2.79. The van der Waals surface area contributed by atoms with Crippen LogP contribution in [0.5, 0.6) is 11.5 Å². The molecule has 2 N–H and O–H groups in total. The van der Waals surface area contributed by atoms with E-state index < -0.39 is 0 Å². The van der Waals surface area contributed by atoms with Gasteiger partial charge in [0, 0.05) is 33.4 Å². The molecule has 0 aliphatic carbocycles. The maximum atomic E-state index is 5.64. The predicted molar refractivity (Wildman–Crippen MR) is 124 cm³/mol. The molecule has 28 heavy (non-hydrogen) atoms. The SMILES string of the molecule is CCOc1cc(CCCNC(=NC)NCCc2cnn(C)c2)ccc1OC.I. The highest BCUT2D eigenvalue weighted by Crippen LogP contribution is 2.28. The second-order valence-corrected chi connectivity index (χ2v) is 6.22. The van der Waals surface area contributed by atoms with Gasteiger partial charge in [0.2, 0.25) is 0 Å². The van der Waals surface area contributed by atoms with E-state index in [9.17, 15) is 0 Å². The van der Waals surface area contributed by atoms with Gasteiger partial charge in [-0.05, 0) is 49.4 Å². The summed E-state index contributed by atoms with van der Waals surface area (Å²) >= 11 is 0. The molecule has 1 heterocycles. The maximum Gasteiger partial charge on any atom is 0.190 e. The third kappa shape index (κ3) is 7.95. The molecule has 0 fully saturated rings. The van der Waals surface area contributed by atoms with Gasteiger partial charge in [0.05, 0.1) is 19.9 Å². The standard InChI is InChI=1S/C20H31N5O2.HI/c1-5-27-19-13-16(8-9-18(19)26-4)7-6-11-22-20(21-2)23-12-10-17-14-24-25(3)15-17;/h8-9,13-15H,5-7,10-12H2,1-4H3,(H2,21,22,23);1H. The number of ether oxygens (including phenoxy) is 2. The quantitative estimate of drug-likeness (QED) is 0.227. The number of hydrogen-bond donors (Lipinski definition) is 2.